The second kappa shape index (κ2) is 30.4. The summed E-state index contributed by atoms with van der Waals surface area (Å²) in [6.45, 7) is 22.2. The molecule has 0 aromatic carbocycles. The Kier molecular flexibility index (Phi) is 28.2. The number of carbonyl (C=O) groups is 10. The van der Waals surface area contributed by atoms with Crippen LogP contribution in [0.4, 0.5) is 0 Å². The number of carbonyl (C=O) groups excluding carboxylic acids is 9. The number of aliphatic hydroxyl groups is 1. The number of hydrogen-bond donors (Lipinski definition) is 10. The molecule has 65 heavy (non-hydrogen) atoms. The third-order valence-electron chi connectivity index (χ3n) is 10.0. The Morgan fingerprint density at radius 1 is 0.523 bits per heavy atom. The summed E-state index contributed by atoms with van der Waals surface area (Å²) in [7, 11) is 0. The Morgan fingerprint density at radius 2 is 0.938 bits per heavy atom. The van der Waals surface area contributed by atoms with Crippen molar-refractivity contribution in [1.82, 2.24) is 42.5 Å². The van der Waals surface area contributed by atoms with Crippen molar-refractivity contribution in [3.63, 3.8) is 0 Å². The van der Waals surface area contributed by atoms with Crippen molar-refractivity contribution in [1.29, 1.82) is 0 Å². The van der Waals surface area contributed by atoms with E-state index in [0.29, 0.717) is 6.42 Å². The fraction of sp³-hybridized carbons (Fsp3) is 0.773. The molecule has 10 N–H and O–H groups in total. The average Bonchev–Trinajstić information content (AvgIpc) is 3.17. The molecule has 0 radical (unpaired) electrons. The highest BCUT2D eigenvalue weighted by Gasteiger charge is 2.36. The minimum Gasteiger partial charge on any atom is -0.481 e. The first kappa shape index (κ1) is 60.2. The molecule has 0 saturated carbocycles. The van der Waals surface area contributed by atoms with Crippen LogP contribution in [-0.2, 0) is 47.9 Å². The van der Waals surface area contributed by atoms with Crippen LogP contribution in [0.5, 0.6) is 0 Å². The summed E-state index contributed by atoms with van der Waals surface area (Å²) in [5, 5.41) is 39.7. The maximum absolute atomic E-state index is 13.9. The number of nitrogens with one attached hydrogen (secondary N) is 8. The second-order valence-corrected chi connectivity index (χ2v) is 19.4. The lowest BCUT2D eigenvalue weighted by atomic mass is 9.97. The van der Waals surface area contributed by atoms with Gasteiger partial charge in [-0.05, 0) is 62.7 Å². The third kappa shape index (κ3) is 24.9. The summed E-state index contributed by atoms with van der Waals surface area (Å²) in [5.41, 5.74) is 0. The Hall–Kier alpha value is -4.79. The molecule has 0 aliphatic carbocycles. The molecule has 8 amide bonds. The van der Waals surface area contributed by atoms with E-state index < -0.39 is 108 Å². The Balaban J connectivity index is 6.35. The van der Waals surface area contributed by atoms with E-state index in [0.717, 1.165) is 11.8 Å². The summed E-state index contributed by atoms with van der Waals surface area (Å²) < 4.78 is 0. The van der Waals surface area contributed by atoms with Gasteiger partial charge >= 0.3 is 5.97 Å². The molecule has 21 heteroatoms. The highest BCUT2D eigenvalue weighted by atomic mass is 32.2. The molecule has 20 nitrogen and oxygen atoms in total. The lowest BCUT2D eigenvalue weighted by Gasteiger charge is -2.30. The molecular weight excluding hydrogens is 865 g/mol. The predicted octanol–water partition coefficient (Wildman–Crippen LogP) is 0.882. The maximum atomic E-state index is 13.9. The zero-order valence-corrected chi connectivity index (χ0v) is 41.4. The van der Waals surface area contributed by atoms with Gasteiger partial charge in [0.25, 0.3) is 0 Å². The highest BCUT2D eigenvalue weighted by Crippen LogP contribution is 2.17. The van der Waals surface area contributed by atoms with Crippen LogP contribution >= 0.6 is 11.8 Å². The van der Waals surface area contributed by atoms with Crippen molar-refractivity contribution in [3.8, 4) is 0 Å². The van der Waals surface area contributed by atoms with E-state index in [1.807, 2.05) is 34.6 Å². The van der Waals surface area contributed by atoms with Gasteiger partial charge in [-0.3, -0.25) is 47.9 Å². The summed E-state index contributed by atoms with van der Waals surface area (Å²) in [6.07, 6.45) is -1.14. The van der Waals surface area contributed by atoms with Crippen molar-refractivity contribution in [2.45, 2.75) is 177 Å². The van der Waals surface area contributed by atoms with Gasteiger partial charge in [0.15, 0.2) is 0 Å². The Morgan fingerprint density at radius 3 is 1.34 bits per heavy atom. The van der Waals surface area contributed by atoms with Crippen LogP contribution in [-0.4, -0.2) is 129 Å². The van der Waals surface area contributed by atoms with E-state index in [-0.39, 0.29) is 72.7 Å². The van der Waals surface area contributed by atoms with Gasteiger partial charge in [-0.25, -0.2) is 0 Å². The fourth-order valence-electron chi connectivity index (χ4n) is 6.41. The van der Waals surface area contributed by atoms with Gasteiger partial charge in [-0.2, -0.15) is 0 Å². The molecular formula is C44H78N8O12S. The van der Waals surface area contributed by atoms with Crippen molar-refractivity contribution < 1.29 is 58.2 Å². The zero-order chi connectivity index (χ0) is 50.3. The number of thioether (sulfide) groups is 1. The smallest absolute Gasteiger partial charge is 0.305 e. The average molecular weight is 943 g/mol. The summed E-state index contributed by atoms with van der Waals surface area (Å²) in [6, 6.07) is -8.60. The van der Waals surface area contributed by atoms with Crippen molar-refractivity contribution in [2.75, 3.05) is 12.3 Å². The summed E-state index contributed by atoms with van der Waals surface area (Å²) >= 11 is 0.943. The first-order chi connectivity index (χ1) is 30.1. The molecule has 0 saturated heterocycles. The van der Waals surface area contributed by atoms with E-state index in [1.165, 1.54) is 20.8 Å². The van der Waals surface area contributed by atoms with Crippen molar-refractivity contribution in [2.24, 2.45) is 29.6 Å². The number of aliphatic hydroxyl groups excluding tert-OH is 1. The minimum atomic E-state index is -1.71. The normalized spacial score (nSPS) is 15.5. The molecule has 0 aliphatic heterocycles. The first-order valence-electron chi connectivity index (χ1n) is 22.5. The molecule has 0 rings (SSSR count). The number of rotatable bonds is 30. The fourth-order valence-corrected chi connectivity index (χ4v) is 7.29. The van der Waals surface area contributed by atoms with Crippen LogP contribution in [0, 0.1) is 29.6 Å². The van der Waals surface area contributed by atoms with E-state index in [9.17, 15) is 58.2 Å². The topological polar surface area (TPSA) is 307 Å². The number of carboxylic acid groups (broad SMARTS) is 1. The standard InChI is InChI=1S/C44H78N8O12S/c1-14-26(10)37(44(64)65-16-15-45-29(13)54)52-42(62)32(19-24(6)7)49-40(60)33(21-35(56)57)50-43(63)36(25(8)9)51-41(61)31(18-23(4)5)48-39(59)30(17-22(2)3)47-38(58)28(12)46-34(55)20-27(11)53/h22-28,30-33,36-37,53H,14-21H2,1-13H3,(H,45,54)(H,46,55)(H,47,58)(H,48,59)(H,49,60)(H,50,63)(H,51,61)(H,52,62)(H,56,57)/t26-,27+,28-,30-,31+,32+,33-,36-,37-/m0/s1. The quantitative estimate of drug-likeness (QED) is 0.0448. The number of hydrogen-bond acceptors (Lipinski definition) is 12. The molecule has 0 fully saturated rings. The number of aliphatic carboxylic acids is 1. The monoisotopic (exact) mass is 943 g/mol. The van der Waals surface area contributed by atoms with Gasteiger partial charge < -0.3 is 52.7 Å². The summed E-state index contributed by atoms with van der Waals surface area (Å²) in [4.78, 5) is 131. The van der Waals surface area contributed by atoms with E-state index in [2.05, 4.69) is 42.5 Å². The zero-order valence-electron chi connectivity index (χ0n) is 40.5. The second-order valence-electron chi connectivity index (χ2n) is 18.3. The van der Waals surface area contributed by atoms with Gasteiger partial charge in [-0.1, -0.05) is 87.4 Å². The first-order valence-corrected chi connectivity index (χ1v) is 23.5. The molecule has 0 aromatic heterocycles. The molecule has 0 aliphatic rings. The van der Waals surface area contributed by atoms with Crippen LogP contribution in [0.15, 0.2) is 0 Å². The van der Waals surface area contributed by atoms with E-state index in [4.69, 9.17) is 0 Å². The van der Waals surface area contributed by atoms with Crippen molar-refractivity contribution >= 4 is 70.1 Å². The van der Waals surface area contributed by atoms with Gasteiger partial charge in [-0.15, -0.1) is 0 Å². The van der Waals surface area contributed by atoms with Crippen LogP contribution in [0.1, 0.15) is 129 Å². The molecule has 372 valence electrons. The summed E-state index contributed by atoms with van der Waals surface area (Å²) in [5.74, 6) is -8.03. The molecule has 0 heterocycles. The van der Waals surface area contributed by atoms with Crippen LogP contribution in [0.25, 0.3) is 0 Å². The van der Waals surface area contributed by atoms with Crippen LogP contribution in [0.3, 0.4) is 0 Å². The molecule has 0 bridgehead atoms. The van der Waals surface area contributed by atoms with E-state index in [1.54, 1.807) is 34.6 Å². The molecule has 0 spiro atoms. The third-order valence-corrected chi connectivity index (χ3v) is 11.0. The lowest BCUT2D eigenvalue weighted by Crippen LogP contribution is -2.61. The maximum Gasteiger partial charge on any atom is 0.305 e. The molecule has 0 aromatic rings. The van der Waals surface area contributed by atoms with Crippen LogP contribution in [0.2, 0.25) is 0 Å². The SMILES string of the molecule is CC[C@H](C)[C@H](NC(=O)[C@@H](CC(C)C)NC(=O)[C@H](CC(=O)O)NC(=O)[C@@H](NC(=O)[C@@H](CC(C)C)NC(=O)[C@H](CC(C)C)NC(=O)[C@H](C)NC(=O)C[C@@H](C)O)C(C)C)C(=O)SCCNC(C)=O. The van der Waals surface area contributed by atoms with Gasteiger partial charge in [0.05, 0.1) is 18.9 Å². The lowest BCUT2D eigenvalue weighted by molar-refractivity contribution is -0.142. The van der Waals surface area contributed by atoms with Crippen LogP contribution < -0.4 is 42.5 Å². The molecule has 0 unspecified atom stereocenters. The predicted molar refractivity (Wildman–Crippen MR) is 247 cm³/mol. The highest BCUT2D eigenvalue weighted by molar-refractivity contribution is 8.13. The van der Waals surface area contributed by atoms with Gasteiger partial charge in [0.2, 0.25) is 52.4 Å². The molecule has 9 atom stereocenters. The number of amides is 8. The Labute approximate surface area is 388 Å². The van der Waals surface area contributed by atoms with Crippen molar-refractivity contribution in [3.05, 3.63) is 0 Å². The van der Waals surface area contributed by atoms with Gasteiger partial charge in [0.1, 0.15) is 42.3 Å². The van der Waals surface area contributed by atoms with E-state index >= 15 is 0 Å². The Bertz CT molecular complexity index is 1630. The minimum absolute atomic E-state index is 0.0912. The van der Waals surface area contributed by atoms with Gasteiger partial charge in [0, 0.05) is 19.2 Å². The number of carboxylic acids is 1. The largest absolute Gasteiger partial charge is 0.481 e.